The Morgan fingerprint density at radius 2 is 1.04 bits per heavy atom. The van der Waals surface area contributed by atoms with E-state index in [1.54, 1.807) is 0 Å². The predicted molar refractivity (Wildman–Crippen MR) is 122 cm³/mol. The third kappa shape index (κ3) is 4.10. The van der Waals surface area contributed by atoms with E-state index in [9.17, 15) is 0 Å². The maximum atomic E-state index is 6.67. The first-order valence-corrected chi connectivity index (χ1v) is 12.0. The molecule has 0 amide bonds. The molecular weight excluding hydrogens is 364 g/mol. The summed E-state index contributed by atoms with van der Waals surface area (Å²) in [7, 11) is -2.43. The van der Waals surface area contributed by atoms with Gasteiger partial charge >= 0.3 is 0 Å². The highest BCUT2D eigenvalue weighted by Gasteiger charge is 2.42. The molecule has 0 saturated carbocycles. The van der Waals surface area contributed by atoms with Gasteiger partial charge in [0.15, 0.2) is 8.07 Å². The first-order chi connectivity index (χ1) is 13.0. The van der Waals surface area contributed by atoms with Crippen LogP contribution in [-0.4, -0.2) is 14.0 Å². The Labute approximate surface area is 169 Å². The van der Waals surface area contributed by atoms with Crippen molar-refractivity contribution in [2.24, 2.45) is 5.41 Å². The summed E-state index contributed by atoms with van der Waals surface area (Å²) in [6, 6.07) is 32.8. The van der Waals surface area contributed by atoms with E-state index < -0.39 is 8.07 Å². The van der Waals surface area contributed by atoms with E-state index in [2.05, 4.69) is 118 Å². The average molecular weight is 391 g/mol. The molecular formula is C25H27ClSi. The molecule has 0 unspecified atom stereocenters. The van der Waals surface area contributed by atoms with Crippen LogP contribution in [0.5, 0.6) is 0 Å². The van der Waals surface area contributed by atoms with Crippen LogP contribution in [0.25, 0.3) is 0 Å². The number of benzene rings is 3. The molecule has 0 radical (unpaired) electrons. The zero-order chi connectivity index (χ0) is 19.3. The maximum Gasteiger partial charge on any atom is 0.176 e. The fourth-order valence-corrected chi connectivity index (χ4v) is 9.61. The first kappa shape index (κ1) is 19.7. The minimum absolute atomic E-state index is 0.0564. The monoisotopic (exact) mass is 390 g/mol. The molecule has 27 heavy (non-hydrogen) atoms. The topological polar surface area (TPSA) is 0 Å². The summed E-state index contributed by atoms with van der Waals surface area (Å²) in [4.78, 5) is 0. The third-order valence-corrected chi connectivity index (χ3v) is 10.2. The normalized spacial score (nSPS) is 12.8. The van der Waals surface area contributed by atoms with E-state index in [0.717, 1.165) is 0 Å². The van der Waals surface area contributed by atoms with Gasteiger partial charge in [-0.3, -0.25) is 0 Å². The number of hydrogen-bond acceptors (Lipinski definition) is 0. The van der Waals surface area contributed by atoms with Crippen molar-refractivity contribution in [1.82, 2.24) is 0 Å². The number of allylic oxidation sites excluding steroid dienone is 2. The number of alkyl halides is 1. The largest absolute Gasteiger partial charge is 0.176 e. The molecule has 0 aliphatic carbocycles. The maximum absolute atomic E-state index is 6.67. The van der Waals surface area contributed by atoms with Gasteiger partial charge in [0.25, 0.3) is 0 Å². The van der Waals surface area contributed by atoms with E-state index in [4.69, 9.17) is 11.6 Å². The fourth-order valence-electron chi connectivity index (χ4n) is 3.89. The molecule has 0 aromatic heterocycles. The van der Waals surface area contributed by atoms with Crippen LogP contribution < -0.4 is 15.6 Å². The molecule has 138 valence electrons. The molecule has 0 spiro atoms. The van der Waals surface area contributed by atoms with Gasteiger partial charge in [-0.1, -0.05) is 123 Å². The van der Waals surface area contributed by atoms with Crippen molar-refractivity contribution in [2.45, 2.75) is 20.8 Å². The summed E-state index contributed by atoms with van der Waals surface area (Å²) in [5.41, 5.74) is 0.0564. The molecule has 3 rings (SSSR count). The molecule has 0 heterocycles. The highest BCUT2D eigenvalue weighted by atomic mass is 35.5. The van der Waals surface area contributed by atoms with Gasteiger partial charge in [0, 0.05) is 5.88 Å². The lowest BCUT2D eigenvalue weighted by molar-refractivity contribution is 0.542. The Kier molecular flexibility index (Phi) is 6.03. The van der Waals surface area contributed by atoms with Crippen LogP contribution in [0.2, 0.25) is 0 Å². The van der Waals surface area contributed by atoms with Crippen LogP contribution in [0.1, 0.15) is 20.8 Å². The van der Waals surface area contributed by atoms with E-state index in [0.29, 0.717) is 5.88 Å². The van der Waals surface area contributed by atoms with Crippen LogP contribution in [0, 0.1) is 5.41 Å². The molecule has 2 heteroatoms. The van der Waals surface area contributed by atoms with Gasteiger partial charge in [-0.15, -0.1) is 11.6 Å². The van der Waals surface area contributed by atoms with Crippen LogP contribution >= 0.6 is 11.6 Å². The second kappa shape index (κ2) is 8.29. The number of halogens is 1. The Balaban J connectivity index is 2.45. The molecule has 0 bridgehead atoms. The fraction of sp³-hybridized carbons (Fsp3) is 0.200. The summed E-state index contributed by atoms with van der Waals surface area (Å²) in [6.45, 7) is 6.75. The number of rotatable bonds is 5. The molecule has 3 aromatic rings. The van der Waals surface area contributed by atoms with Crippen molar-refractivity contribution in [2.75, 3.05) is 5.88 Å². The van der Waals surface area contributed by atoms with Crippen LogP contribution in [-0.2, 0) is 0 Å². The molecule has 0 aliphatic heterocycles. The molecule has 0 aliphatic rings. The Bertz CT molecular complexity index is 781. The lowest BCUT2D eigenvalue weighted by Crippen LogP contribution is -2.69. The summed E-state index contributed by atoms with van der Waals surface area (Å²) in [5.74, 6) is 0.530. The van der Waals surface area contributed by atoms with Gasteiger partial charge in [0.1, 0.15) is 0 Å². The van der Waals surface area contributed by atoms with Crippen LogP contribution in [0.15, 0.2) is 102 Å². The highest BCUT2D eigenvalue weighted by molar-refractivity contribution is 7.16. The van der Waals surface area contributed by atoms with E-state index in [-0.39, 0.29) is 5.41 Å². The second-order valence-electron chi connectivity index (χ2n) is 8.02. The first-order valence-electron chi connectivity index (χ1n) is 9.43. The zero-order valence-electron chi connectivity index (χ0n) is 16.3. The minimum Gasteiger partial charge on any atom is -0.122 e. The smallest absolute Gasteiger partial charge is 0.122 e. The molecule has 0 atom stereocenters. The third-order valence-electron chi connectivity index (χ3n) is 4.85. The zero-order valence-corrected chi connectivity index (χ0v) is 18.1. The van der Waals surface area contributed by atoms with Crippen LogP contribution in [0.3, 0.4) is 0 Å². The van der Waals surface area contributed by atoms with Gasteiger partial charge < -0.3 is 0 Å². The molecule has 0 fully saturated rings. The van der Waals surface area contributed by atoms with Crippen molar-refractivity contribution in [3.05, 3.63) is 102 Å². The standard InChI is InChI=1S/C25H27ClSi/c1-25(2,3)19-24(20-26)27(21-13-7-4-8-14-21,22-15-9-5-10-16-22)23-17-11-6-12-18-23/h4-19H,20H2,1-3H3/b24-19-. The van der Waals surface area contributed by atoms with Crippen molar-refractivity contribution in [1.29, 1.82) is 0 Å². The Hall–Kier alpha value is -2.09. The average Bonchev–Trinajstić information content (AvgIpc) is 2.69. The van der Waals surface area contributed by atoms with Crippen molar-refractivity contribution in [3.8, 4) is 0 Å². The molecule has 0 saturated heterocycles. The molecule has 3 aromatic carbocycles. The summed E-state index contributed by atoms with van der Waals surface area (Å²) in [5, 5.41) is 5.47. The lowest BCUT2D eigenvalue weighted by atomic mass is 9.96. The predicted octanol–water partition coefficient (Wildman–Crippen LogP) is 4.91. The highest BCUT2D eigenvalue weighted by Crippen LogP contribution is 2.25. The Morgan fingerprint density at radius 1 is 0.704 bits per heavy atom. The molecule has 0 N–H and O–H groups in total. The van der Waals surface area contributed by atoms with Crippen LogP contribution in [0.4, 0.5) is 0 Å². The summed E-state index contributed by atoms with van der Waals surface area (Å²) in [6.07, 6.45) is 2.40. The van der Waals surface area contributed by atoms with Crippen molar-refractivity contribution >= 4 is 35.2 Å². The second-order valence-corrected chi connectivity index (χ2v) is 12.2. The quantitative estimate of drug-likeness (QED) is 0.330. The molecule has 0 nitrogen and oxygen atoms in total. The van der Waals surface area contributed by atoms with Gasteiger partial charge in [-0.05, 0) is 21.0 Å². The summed E-state index contributed by atoms with van der Waals surface area (Å²) >= 11 is 6.67. The van der Waals surface area contributed by atoms with E-state index in [1.165, 1.54) is 20.8 Å². The van der Waals surface area contributed by atoms with E-state index >= 15 is 0 Å². The van der Waals surface area contributed by atoms with Gasteiger partial charge in [0.05, 0.1) is 0 Å². The van der Waals surface area contributed by atoms with Crippen molar-refractivity contribution < 1.29 is 0 Å². The van der Waals surface area contributed by atoms with Gasteiger partial charge in [-0.2, -0.15) is 0 Å². The van der Waals surface area contributed by atoms with Gasteiger partial charge in [-0.25, -0.2) is 0 Å². The SMILES string of the molecule is CC(C)(C)/C=C(/CCl)[Si](c1ccccc1)(c1ccccc1)c1ccccc1. The van der Waals surface area contributed by atoms with E-state index in [1.807, 2.05) is 0 Å². The lowest BCUT2D eigenvalue weighted by Gasteiger charge is -2.37. The summed E-state index contributed by atoms with van der Waals surface area (Å²) < 4.78 is 0. The minimum atomic E-state index is -2.43. The Morgan fingerprint density at radius 3 is 1.30 bits per heavy atom. The number of hydrogen-bond donors (Lipinski definition) is 0. The van der Waals surface area contributed by atoms with Gasteiger partial charge in [0.2, 0.25) is 0 Å². The van der Waals surface area contributed by atoms with Crippen molar-refractivity contribution in [3.63, 3.8) is 0 Å².